The quantitative estimate of drug-likeness (QED) is 0.719. The summed E-state index contributed by atoms with van der Waals surface area (Å²) in [6.07, 6.45) is 0.912. The minimum atomic E-state index is -0.796. The van der Waals surface area contributed by atoms with Gasteiger partial charge in [0.25, 0.3) is 0 Å². The van der Waals surface area contributed by atoms with Crippen LogP contribution in [0.25, 0.3) is 0 Å². The smallest absolute Gasteiger partial charge is 0.315 e. The van der Waals surface area contributed by atoms with Crippen molar-refractivity contribution in [1.82, 2.24) is 15.2 Å². The SMILES string of the molecule is CC(C)Oc1ccc(CNC(=O)NCC(O)c2cccn2C)cc1F. The van der Waals surface area contributed by atoms with Crippen LogP contribution in [0.2, 0.25) is 0 Å². The van der Waals surface area contributed by atoms with Crippen molar-refractivity contribution in [2.24, 2.45) is 7.05 Å². The molecule has 1 aromatic carbocycles. The van der Waals surface area contributed by atoms with E-state index in [0.717, 1.165) is 0 Å². The number of hydrogen-bond acceptors (Lipinski definition) is 3. The summed E-state index contributed by atoms with van der Waals surface area (Å²) < 4.78 is 21.0. The number of aryl methyl sites for hydroxylation is 1. The molecule has 1 aromatic heterocycles. The fourth-order valence-corrected chi connectivity index (χ4v) is 2.36. The summed E-state index contributed by atoms with van der Waals surface area (Å²) >= 11 is 0. The van der Waals surface area contributed by atoms with Crippen molar-refractivity contribution in [3.63, 3.8) is 0 Å². The average molecular weight is 349 g/mol. The molecule has 136 valence electrons. The Kier molecular flexibility index (Phi) is 6.41. The molecule has 3 N–H and O–H groups in total. The molecule has 1 atom stereocenters. The summed E-state index contributed by atoms with van der Waals surface area (Å²) in [5.74, 6) is -0.276. The van der Waals surface area contributed by atoms with E-state index >= 15 is 0 Å². The minimum Gasteiger partial charge on any atom is -0.488 e. The fraction of sp³-hybridized carbons (Fsp3) is 0.389. The van der Waals surface area contributed by atoms with Crippen molar-refractivity contribution < 1.29 is 19.0 Å². The number of amides is 2. The van der Waals surface area contributed by atoms with E-state index in [0.29, 0.717) is 11.3 Å². The summed E-state index contributed by atoms with van der Waals surface area (Å²) in [5.41, 5.74) is 1.33. The average Bonchev–Trinajstić information content (AvgIpc) is 2.98. The van der Waals surface area contributed by atoms with E-state index in [1.54, 1.807) is 22.8 Å². The van der Waals surface area contributed by atoms with E-state index in [4.69, 9.17) is 4.74 Å². The van der Waals surface area contributed by atoms with Crippen LogP contribution in [-0.4, -0.2) is 28.4 Å². The molecule has 1 heterocycles. The van der Waals surface area contributed by atoms with Gasteiger partial charge in [-0.1, -0.05) is 6.07 Å². The highest BCUT2D eigenvalue weighted by atomic mass is 19.1. The van der Waals surface area contributed by atoms with Gasteiger partial charge in [-0.2, -0.15) is 0 Å². The molecule has 0 saturated carbocycles. The zero-order valence-electron chi connectivity index (χ0n) is 14.6. The molecule has 2 rings (SSSR count). The molecule has 0 spiro atoms. The second-order valence-electron chi connectivity index (χ2n) is 6.05. The fourth-order valence-electron chi connectivity index (χ4n) is 2.36. The lowest BCUT2D eigenvalue weighted by molar-refractivity contribution is 0.166. The van der Waals surface area contributed by atoms with Gasteiger partial charge in [-0.3, -0.25) is 0 Å². The van der Waals surface area contributed by atoms with Gasteiger partial charge >= 0.3 is 6.03 Å². The summed E-state index contributed by atoms with van der Waals surface area (Å²) in [4.78, 5) is 11.8. The predicted molar refractivity (Wildman–Crippen MR) is 92.8 cm³/mol. The Bertz CT molecular complexity index is 715. The highest BCUT2D eigenvalue weighted by molar-refractivity contribution is 5.73. The molecule has 6 nitrogen and oxygen atoms in total. The molecular formula is C18H24FN3O3. The molecule has 25 heavy (non-hydrogen) atoms. The number of hydrogen-bond donors (Lipinski definition) is 3. The summed E-state index contributed by atoms with van der Waals surface area (Å²) in [6.45, 7) is 3.90. The van der Waals surface area contributed by atoms with E-state index in [-0.39, 0.29) is 24.9 Å². The van der Waals surface area contributed by atoms with Gasteiger partial charge in [-0.05, 0) is 43.7 Å². The van der Waals surface area contributed by atoms with Gasteiger partial charge in [-0.25, -0.2) is 9.18 Å². The molecular weight excluding hydrogens is 325 g/mol. The number of nitrogens with zero attached hydrogens (tertiary/aromatic N) is 1. The Hall–Kier alpha value is -2.54. The van der Waals surface area contributed by atoms with Crippen molar-refractivity contribution in [3.05, 3.63) is 53.6 Å². The number of aromatic nitrogens is 1. The van der Waals surface area contributed by atoms with Crippen molar-refractivity contribution in [2.75, 3.05) is 6.54 Å². The van der Waals surface area contributed by atoms with Gasteiger partial charge in [0, 0.05) is 25.5 Å². The molecule has 0 aliphatic rings. The lowest BCUT2D eigenvalue weighted by Crippen LogP contribution is -2.37. The van der Waals surface area contributed by atoms with Crippen LogP contribution in [0.4, 0.5) is 9.18 Å². The Balaban J connectivity index is 1.80. The molecule has 7 heteroatoms. The first-order valence-corrected chi connectivity index (χ1v) is 8.13. The molecule has 1 unspecified atom stereocenters. The number of carbonyl (C=O) groups is 1. The normalized spacial score (nSPS) is 12.1. The van der Waals surface area contributed by atoms with Crippen LogP contribution in [0.3, 0.4) is 0 Å². The topological polar surface area (TPSA) is 75.5 Å². The molecule has 0 bridgehead atoms. The van der Waals surface area contributed by atoms with Crippen LogP contribution in [0.1, 0.15) is 31.2 Å². The lowest BCUT2D eigenvalue weighted by atomic mass is 10.2. The maximum absolute atomic E-state index is 13.9. The molecule has 0 fully saturated rings. The molecule has 0 radical (unpaired) electrons. The van der Waals surface area contributed by atoms with E-state index in [9.17, 15) is 14.3 Å². The first-order valence-electron chi connectivity index (χ1n) is 8.13. The van der Waals surface area contributed by atoms with Crippen LogP contribution in [0.5, 0.6) is 5.75 Å². The highest BCUT2D eigenvalue weighted by Crippen LogP contribution is 2.19. The van der Waals surface area contributed by atoms with Crippen molar-refractivity contribution >= 4 is 6.03 Å². The molecule has 2 amide bonds. The number of aliphatic hydroxyl groups excluding tert-OH is 1. The predicted octanol–water partition coefficient (Wildman–Crippen LogP) is 2.48. The van der Waals surface area contributed by atoms with Gasteiger partial charge in [0.05, 0.1) is 12.6 Å². The number of urea groups is 1. The number of nitrogens with one attached hydrogen (secondary N) is 2. The van der Waals surface area contributed by atoms with Gasteiger partial charge < -0.3 is 25.0 Å². The largest absolute Gasteiger partial charge is 0.488 e. The van der Waals surface area contributed by atoms with Gasteiger partial charge in [0.1, 0.15) is 6.10 Å². The molecule has 2 aromatic rings. The van der Waals surface area contributed by atoms with Gasteiger partial charge in [-0.15, -0.1) is 0 Å². The maximum Gasteiger partial charge on any atom is 0.315 e. The monoisotopic (exact) mass is 349 g/mol. The molecule has 0 aliphatic carbocycles. The van der Waals surface area contributed by atoms with Crippen LogP contribution in [0, 0.1) is 5.82 Å². The van der Waals surface area contributed by atoms with Crippen molar-refractivity contribution in [3.8, 4) is 5.75 Å². The van der Waals surface area contributed by atoms with Crippen LogP contribution >= 0.6 is 0 Å². The number of halogens is 1. The molecule has 0 aliphatic heterocycles. The van der Waals surface area contributed by atoms with E-state index in [1.807, 2.05) is 33.2 Å². The van der Waals surface area contributed by atoms with Crippen molar-refractivity contribution in [2.45, 2.75) is 32.6 Å². The number of ether oxygens (including phenoxy) is 1. The third-order valence-corrected chi connectivity index (χ3v) is 3.59. The second-order valence-corrected chi connectivity index (χ2v) is 6.05. The van der Waals surface area contributed by atoms with E-state index < -0.39 is 18.0 Å². The number of rotatable bonds is 7. The number of benzene rings is 1. The minimum absolute atomic E-state index is 0.0826. The third kappa shape index (κ3) is 5.49. The zero-order chi connectivity index (χ0) is 18.4. The summed E-state index contributed by atoms with van der Waals surface area (Å²) in [6, 6.07) is 7.74. The van der Waals surface area contributed by atoms with Crippen LogP contribution in [0.15, 0.2) is 36.5 Å². The second kappa shape index (κ2) is 8.53. The maximum atomic E-state index is 13.9. The van der Waals surface area contributed by atoms with Crippen molar-refractivity contribution in [1.29, 1.82) is 0 Å². The first-order chi connectivity index (χ1) is 11.9. The van der Waals surface area contributed by atoms with Gasteiger partial charge in [0.15, 0.2) is 11.6 Å². The Morgan fingerprint density at radius 3 is 2.68 bits per heavy atom. The summed E-state index contributed by atoms with van der Waals surface area (Å²) in [7, 11) is 1.82. The zero-order valence-corrected chi connectivity index (χ0v) is 14.6. The standard InChI is InChI=1S/C18H24FN3O3/c1-12(2)25-17-7-6-13(9-14(17)19)10-20-18(24)21-11-16(23)15-5-4-8-22(15)3/h4-9,12,16,23H,10-11H2,1-3H3,(H2,20,21,24). The highest BCUT2D eigenvalue weighted by Gasteiger charge is 2.12. The van der Waals surface area contributed by atoms with Gasteiger partial charge in [0.2, 0.25) is 0 Å². The van der Waals surface area contributed by atoms with Crippen LogP contribution in [-0.2, 0) is 13.6 Å². The first kappa shape index (κ1) is 18.8. The molecule has 0 saturated heterocycles. The Morgan fingerprint density at radius 1 is 1.32 bits per heavy atom. The third-order valence-electron chi connectivity index (χ3n) is 3.59. The Morgan fingerprint density at radius 2 is 2.08 bits per heavy atom. The van der Waals surface area contributed by atoms with E-state index in [2.05, 4.69) is 10.6 Å². The van der Waals surface area contributed by atoms with Crippen LogP contribution < -0.4 is 15.4 Å². The number of carbonyl (C=O) groups excluding carboxylic acids is 1. The summed E-state index contributed by atoms with van der Waals surface area (Å²) in [5, 5.41) is 15.3. The lowest BCUT2D eigenvalue weighted by Gasteiger charge is -2.14. The number of aliphatic hydroxyl groups is 1. The Labute approximate surface area is 146 Å². The van der Waals surface area contributed by atoms with E-state index in [1.165, 1.54) is 6.07 Å².